The van der Waals surface area contributed by atoms with Gasteiger partial charge in [-0.3, -0.25) is 0 Å². The van der Waals surface area contributed by atoms with Crippen LogP contribution in [0.25, 0.3) is 0 Å². The summed E-state index contributed by atoms with van der Waals surface area (Å²) in [5, 5.41) is 0. The first-order chi connectivity index (χ1) is 13.1. The van der Waals surface area contributed by atoms with E-state index in [1.165, 1.54) is 6.92 Å². The molecule has 30 heavy (non-hydrogen) atoms. The summed E-state index contributed by atoms with van der Waals surface area (Å²) in [7, 11) is 0. The minimum atomic E-state index is -7.67. The molecule has 0 rings (SSSR count). The quantitative estimate of drug-likeness (QED) is 0.176. The van der Waals surface area contributed by atoms with Crippen LogP contribution in [-0.2, 0) is 9.47 Å². The summed E-state index contributed by atoms with van der Waals surface area (Å²) >= 11 is 0. The molecule has 0 aromatic rings. The third-order valence-electron chi connectivity index (χ3n) is 3.23. The maximum atomic E-state index is 13.3. The van der Waals surface area contributed by atoms with Crippen molar-refractivity contribution in [2.24, 2.45) is 0 Å². The van der Waals surface area contributed by atoms with Gasteiger partial charge in [-0.05, 0) is 32.3 Å². The van der Waals surface area contributed by atoms with E-state index in [-0.39, 0.29) is 19.3 Å². The van der Waals surface area contributed by atoms with Crippen molar-refractivity contribution in [2.45, 2.75) is 68.5 Å². The summed E-state index contributed by atoms with van der Waals surface area (Å²) in [6, 6.07) is 0. The minimum Gasteiger partial charge on any atom is -0.495 e. The highest BCUT2D eigenvalue weighted by atomic mass is 19.4. The molecule has 0 aromatic carbocycles. The van der Waals surface area contributed by atoms with Gasteiger partial charge in [-0.25, -0.2) is 9.13 Å². The Morgan fingerprint density at radius 3 is 1.70 bits per heavy atom. The number of hydrogen-bond acceptors (Lipinski definition) is 2. The van der Waals surface area contributed by atoms with Crippen molar-refractivity contribution < 1.29 is 70.9 Å². The molecule has 1 atom stereocenters. The Kier molecular flexibility index (Phi) is 8.88. The van der Waals surface area contributed by atoms with E-state index in [2.05, 4.69) is 4.74 Å². The molecule has 180 valence electrons. The van der Waals surface area contributed by atoms with Crippen molar-refractivity contribution in [3.05, 3.63) is 12.3 Å². The van der Waals surface area contributed by atoms with Crippen LogP contribution in [0.1, 0.15) is 26.2 Å². The molecule has 0 radical (unpaired) electrons. The largest absolute Gasteiger partial charge is 0.495 e. The number of halogens is 14. The predicted molar refractivity (Wildman–Crippen MR) is 71.4 cm³/mol. The van der Waals surface area contributed by atoms with E-state index in [1.807, 2.05) is 0 Å². The molecule has 0 bridgehead atoms. The van der Waals surface area contributed by atoms with Crippen molar-refractivity contribution in [2.75, 3.05) is 6.61 Å². The summed E-state index contributed by atoms with van der Waals surface area (Å²) in [5.41, 5.74) is 0. The third kappa shape index (κ3) is 6.51. The fraction of sp³-hybridized carbons (Fsp3) is 0.857. The Balaban J connectivity index is 5.22. The van der Waals surface area contributed by atoms with E-state index in [9.17, 15) is 61.5 Å². The zero-order chi connectivity index (χ0) is 24.2. The first-order valence-electron chi connectivity index (χ1n) is 7.69. The lowest BCUT2D eigenvalue weighted by Gasteiger charge is -2.36. The highest BCUT2D eigenvalue weighted by molar-refractivity contribution is 4.97. The molecule has 0 aromatic heterocycles. The van der Waals surface area contributed by atoms with Crippen LogP contribution in [0.15, 0.2) is 12.3 Å². The second-order valence-corrected chi connectivity index (χ2v) is 5.88. The van der Waals surface area contributed by atoms with Crippen LogP contribution >= 0.6 is 0 Å². The summed E-state index contributed by atoms with van der Waals surface area (Å²) in [6.07, 6.45) is -21.1. The molecule has 0 spiro atoms. The van der Waals surface area contributed by atoms with Crippen molar-refractivity contribution >= 4 is 0 Å². The van der Waals surface area contributed by atoms with Gasteiger partial charge >= 0.3 is 36.2 Å². The van der Waals surface area contributed by atoms with Gasteiger partial charge in [-0.2, -0.15) is 57.1 Å². The molecule has 0 N–H and O–H groups in total. The average molecular weight is 480 g/mol. The lowest BCUT2D eigenvalue weighted by molar-refractivity contribution is -0.503. The van der Waals surface area contributed by atoms with Crippen LogP contribution in [-0.4, -0.2) is 48.9 Å². The van der Waals surface area contributed by atoms with Gasteiger partial charge in [0.15, 0.2) is 6.61 Å². The maximum Gasteiger partial charge on any atom is 0.460 e. The molecule has 0 aliphatic rings. The van der Waals surface area contributed by atoms with Gasteiger partial charge in [0.2, 0.25) is 0 Å². The normalized spacial score (nSPS) is 16.2. The van der Waals surface area contributed by atoms with Gasteiger partial charge in [-0.1, -0.05) is 0 Å². The molecule has 0 fully saturated rings. The van der Waals surface area contributed by atoms with Gasteiger partial charge in [-0.15, -0.1) is 0 Å². The number of alkyl halides is 14. The molecule has 0 saturated carbocycles. The topological polar surface area (TPSA) is 18.5 Å². The average Bonchev–Trinajstić information content (AvgIpc) is 2.50. The molecule has 16 heteroatoms. The van der Waals surface area contributed by atoms with Crippen molar-refractivity contribution in [3.8, 4) is 0 Å². The number of hydrogen-bond donors (Lipinski definition) is 0. The highest BCUT2D eigenvalue weighted by Gasteiger charge is 2.84. The summed E-state index contributed by atoms with van der Waals surface area (Å²) in [5.74, 6) is -21.1. The van der Waals surface area contributed by atoms with Gasteiger partial charge in [0.25, 0.3) is 0 Å². The molecule has 0 heterocycles. The van der Waals surface area contributed by atoms with Crippen molar-refractivity contribution in [3.63, 3.8) is 0 Å². The van der Waals surface area contributed by atoms with E-state index < -0.39 is 48.9 Å². The van der Waals surface area contributed by atoms with Crippen LogP contribution in [0.2, 0.25) is 0 Å². The van der Waals surface area contributed by atoms with E-state index in [1.54, 1.807) is 4.74 Å². The lowest BCUT2D eigenvalue weighted by Crippen LogP contribution is -2.64. The number of ether oxygens (including phenoxy) is 2. The zero-order valence-corrected chi connectivity index (χ0v) is 14.7. The van der Waals surface area contributed by atoms with Crippen LogP contribution in [0, 0.1) is 0 Å². The zero-order valence-electron chi connectivity index (χ0n) is 14.7. The molecule has 0 saturated heterocycles. The minimum absolute atomic E-state index is 0.00351. The fourth-order valence-electron chi connectivity index (χ4n) is 1.55. The number of rotatable bonds is 12. The SMILES string of the molecule is C[C@@H](F)CCCC=COCC(F)(F)C(F)(F)OC(F)(F)C(F)(F)C(F)(F)C(F)(F)F. The first kappa shape index (κ1) is 28.5. The van der Waals surface area contributed by atoms with E-state index in [0.717, 1.165) is 6.08 Å². The fourth-order valence-corrected chi connectivity index (χ4v) is 1.55. The standard InChI is InChI=1S/C14H14F14O2/c1-8(15)5-3-2-4-6-29-7-9(16,17)13(25,26)30-14(27,28)11(20,21)10(18,19)12(22,23)24/h4,6,8H,2-3,5,7H2,1H3/t8-/m1/s1. The third-order valence-corrected chi connectivity index (χ3v) is 3.23. The predicted octanol–water partition coefficient (Wildman–Crippen LogP) is 6.72. The van der Waals surface area contributed by atoms with Crippen molar-refractivity contribution in [1.29, 1.82) is 0 Å². The first-order valence-corrected chi connectivity index (χ1v) is 7.69. The number of allylic oxidation sites excluding steroid dienone is 1. The van der Waals surface area contributed by atoms with Gasteiger partial charge < -0.3 is 4.74 Å². The molecule has 2 nitrogen and oxygen atoms in total. The Morgan fingerprint density at radius 2 is 1.27 bits per heavy atom. The van der Waals surface area contributed by atoms with Gasteiger partial charge in [0.05, 0.1) is 12.4 Å². The number of unbranched alkanes of at least 4 members (excludes halogenated alkanes) is 1. The smallest absolute Gasteiger partial charge is 0.460 e. The second-order valence-electron chi connectivity index (χ2n) is 5.88. The van der Waals surface area contributed by atoms with Crippen LogP contribution in [0.3, 0.4) is 0 Å². The summed E-state index contributed by atoms with van der Waals surface area (Å²) in [4.78, 5) is 0. The van der Waals surface area contributed by atoms with Gasteiger partial charge in [0.1, 0.15) is 0 Å². The summed E-state index contributed by atoms with van der Waals surface area (Å²) in [6.45, 7) is -1.31. The van der Waals surface area contributed by atoms with Crippen LogP contribution < -0.4 is 0 Å². The Hall–Kier alpha value is -1.48. The second kappa shape index (κ2) is 9.34. The van der Waals surface area contributed by atoms with Crippen molar-refractivity contribution in [1.82, 2.24) is 0 Å². The molecule has 0 aliphatic heterocycles. The molecular weight excluding hydrogens is 466 g/mol. The van der Waals surface area contributed by atoms with Gasteiger partial charge in [0, 0.05) is 0 Å². The molecule has 0 unspecified atom stereocenters. The Labute approximate surface area is 159 Å². The van der Waals surface area contributed by atoms with E-state index >= 15 is 0 Å². The van der Waals surface area contributed by atoms with Crippen LogP contribution in [0.5, 0.6) is 0 Å². The molecular formula is C14H14F14O2. The highest BCUT2D eigenvalue weighted by Crippen LogP contribution is 2.55. The van der Waals surface area contributed by atoms with Crippen LogP contribution in [0.4, 0.5) is 61.5 Å². The lowest BCUT2D eigenvalue weighted by atomic mass is 10.1. The maximum absolute atomic E-state index is 13.3. The summed E-state index contributed by atoms with van der Waals surface area (Å²) < 4.78 is 183. The Morgan fingerprint density at radius 1 is 0.767 bits per heavy atom. The molecule has 0 amide bonds. The van der Waals surface area contributed by atoms with E-state index in [0.29, 0.717) is 6.26 Å². The van der Waals surface area contributed by atoms with E-state index in [4.69, 9.17) is 0 Å². The molecule has 0 aliphatic carbocycles. The monoisotopic (exact) mass is 480 g/mol. The Bertz CT molecular complexity index is 567.